The second-order valence-electron chi connectivity index (χ2n) is 7.82. The van der Waals surface area contributed by atoms with E-state index in [1.165, 1.54) is 0 Å². The van der Waals surface area contributed by atoms with Crippen LogP contribution >= 0.6 is 11.3 Å². The van der Waals surface area contributed by atoms with Crippen LogP contribution in [0.5, 0.6) is 11.5 Å². The lowest BCUT2D eigenvalue weighted by atomic mass is 10.0. The summed E-state index contributed by atoms with van der Waals surface area (Å²) in [4.78, 5) is 19.3. The molecule has 0 spiro atoms. The van der Waals surface area contributed by atoms with Gasteiger partial charge in [-0.15, -0.1) is 11.3 Å². The van der Waals surface area contributed by atoms with E-state index in [1.54, 1.807) is 11.3 Å². The van der Waals surface area contributed by atoms with Crippen molar-refractivity contribution < 1.29 is 19.0 Å². The highest BCUT2D eigenvalue weighted by atomic mass is 32.1. The van der Waals surface area contributed by atoms with Crippen LogP contribution in [0.4, 0.5) is 4.79 Å². The van der Waals surface area contributed by atoms with E-state index in [0.717, 1.165) is 47.0 Å². The molecule has 0 N–H and O–H groups in total. The van der Waals surface area contributed by atoms with E-state index < -0.39 is 5.60 Å². The Labute approximate surface area is 163 Å². The molecule has 1 fully saturated rings. The molecule has 1 aromatic carbocycles. The Balaban J connectivity index is 1.56. The summed E-state index contributed by atoms with van der Waals surface area (Å²) in [6.07, 6.45) is 2.74. The number of carbonyl (C=O) groups excluding carboxylic acids is 1. The van der Waals surface area contributed by atoms with Gasteiger partial charge >= 0.3 is 6.09 Å². The Morgan fingerprint density at radius 1 is 1.26 bits per heavy atom. The fourth-order valence-corrected chi connectivity index (χ4v) is 4.33. The van der Waals surface area contributed by atoms with Crippen molar-refractivity contribution in [1.29, 1.82) is 0 Å². The lowest BCUT2D eigenvalue weighted by Crippen LogP contribution is -2.41. The summed E-state index contributed by atoms with van der Waals surface area (Å²) in [5, 5.41) is 2.99. The molecule has 2 aliphatic heterocycles. The number of benzene rings is 1. The highest BCUT2D eigenvalue weighted by Gasteiger charge is 2.33. The zero-order valence-electron chi connectivity index (χ0n) is 15.9. The zero-order chi connectivity index (χ0) is 19.0. The van der Waals surface area contributed by atoms with Gasteiger partial charge in [0.15, 0.2) is 11.5 Å². The molecule has 2 aliphatic rings. The largest absolute Gasteiger partial charge is 0.454 e. The van der Waals surface area contributed by atoms with Crippen molar-refractivity contribution in [3.8, 4) is 22.8 Å². The Kier molecular flexibility index (Phi) is 4.72. The molecule has 27 heavy (non-hydrogen) atoms. The van der Waals surface area contributed by atoms with Crippen molar-refractivity contribution in [3.05, 3.63) is 28.6 Å². The molecular weight excluding hydrogens is 364 g/mol. The molecule has 0 aliphatic carbocycles. The quantitative estimate of drug-likeness (QED) is 0.724. The first kappa shape index (κ1) is 18.1. The van der Waals surface area contributed by atoms with E-state index in [0.29, 0.717) is 6.54 Å². The average Bonchev–Trinajstić information content (AvgIpc) is 3.29. The average molecular weight is 388 g/mol. The van der Waals surface area contributed by atoms with Crippen LogP contribution in [0.1, 0.15) is 51.1 Å². The van der Waals surface area contributed by atoms with Gasteiger partial charge in [-0.25, -0.2) is 9.78 Å². The van der Waals surface area contributed by atoms with Crippen LogP contribution in [0.3, 0.4) is 0 Å². The summed E-state index contributed by atoms with van der Waals surface area (Å²) < 4.78 is 16.4. The molecule has 4 rings (SSSR count). The number of thiazole rings is 1. The topological polar surface area (TPSA) is 60.9 Å². The van der Waals surface area contributed by atoms with E-state index in [-0.39, 0.29) is 18.9 Å². The maximum Gasteiger partial charge on any atom is 0.410 e. The molecule has 3 heterocycles. The molecule has 1 aromatic heterocycles. The molecule has 2 aromatic rings. The zero-order valence-corrected chi connectivity index (χ0v) is 16.7. The highest BCUT2D eigenvalue weighted by molar-refractivity contribution is 7.10. The Hall–Kier alpha value is -2.28. The number of hydrogen-bond acceptors (Lipinski definition) is 6. The van der Waals surface area contributed by atoms with Crippen molar-refractivity contribution >= 4 is 17.4 Å². The van der Waals surface area contributed by atoms with Crippen LogP contribution in [0, 0.1) is 0 Å². The smallest absolute Gasteiger partial charge is 0.410 e. The minimum absolute atomic E-state index is 0.0265. The van der Waals surface area contributed by atoms with Crippen LogP contribution in [-0.4, -0.2) is 34.9 Å². The molecule has 1 atom stereocenters. The van der Waals surface area contributed by atoms with E-state index in [4.69, 9.17) is 19.2 Å². The number of aromatic nitrogens is 1. The third-order valence-electron chi connectivity index (χ3n) is 4.61. The monoisotopic (exact) mass is 388 g/mol. The van der Waals surface area contributed by atoms with E-state index in [2.05, 4.69) is 0 Å². The maximum absolute atomic E-state index is 12.7. The molecule has 6 nitrogen and oxygen atoms in total. The van der Waals surface area contributed by atoms with Gasteiger partial charge in [-0.3, -0.25) is 4.90 Å². The minimum atomic E-state index is -0.500. The first-order valence-corrected chi connectivity index (χ1v) is 10.1. The van der Waals surface area contributed by atoms with Gasteiger partial charge < -0.3 is 14.2 Å². The normalized spacial score (nSPS) is 19.2. The minimum Gasteiger partial charge on any atom is -0.454 e. The molecule has 7 heteroatoms. The van der Waals surface area contributed by atoms with Crippen molar-refractivity contribution in [1.82, 2.24) is 9.88 Å². The van der Waals surface area contributed by atoms with Crippen LogP contribution in [0.2, 0.25) is 0 Å². The number of fused-ring (bicyclic) bond motifs is 1. The van der Waals surface area contributed by atoms with E-state index in [9.17, 15) is 4.79 Å². The van der Waals surface area contributed by atoms with Gasteiger partial charge in [-0.1, -0.05) is 0 Å². The van der Waals surface area contributed by atoms with Gasteiger partial charge in [0.05, 0.1) is 11.7 Å². The molecular formula is C20H24N2O4S. The van der Waals surface area contributed by atoms with Gasteiger partial charge in [0.2, 0.25) is 6.79 Å². The summed E-state index contributed by atoms with van der Waals surface area (Å²) in [7, 11) is 0. The Morgan fingerprint density at radius 2 is 2.07 bits per heavy atom. The number of ether oxygens (including phenoxy) is 3. The van der Waals surface area contributed by atoms with Crippen molar-refractivity contribution in [2.24, 2.45) is 0 Å². The van der Waals surface area contributed by atoms with Crippen molar-refractivity contribution in [2.75, 3.05) is 13.3 Å². The number of likely N-dealkylation sites (tertiary alicyclic amines) is 1. The predicted molar refractivity (Wildman–Crippen MR) is 103 cm³/mol. The summed E-state index contributed by atoms with van der Waals surface area (Å²) in [5.74, 6) is 1.51. The standard InChI is InChI=1S/C20H24N2O4S/c1-20(2,3)26-19(23)22-9-5-4-6-15(22)18-21-14(11-27-18)13-7-8-16-17(10-13)25-12-24-16/h7-8,10-11,15H,4-6,9,12H2,1-3H3/t15-/m1/s1. The third-order valence-corrected chi connectivity index (χ3v) is 5.55. The summed E-state index contributed by atoms with van der Waals surface area (Å²) in [5.41, 5.74) is 1.38. The Morgan fingerprint density at radius 3 is 2.89 bits per heavy atom. The number of rotatable bonds is 2. The molecule has 0 unspecified atom stereocenters. The number of nitrogens with zero attached hydrogens (tertiary/aromatic N) is 2. The molecule has 0 radical (unpaired) electrons. The SMILES string of the molecule is CC(C)(C)OC(=O)N1CCCC[C@@H]1c1nc(-c2ccc3c(c2)OCO3)cs1. The van der Waals surface area contributed by atoms with Crippen LogP contribution < -0.4 is 9.47 Å². The summed E-state index contributed by atoms with van der Waals surface area (Å²) >= 11 is 1.59. The summed E-state index contributed by atoms with van der Waals surface area (Å²) in [6, 6.07) is 5.82. The van der Waals surface area contributed by atoms with Gasteiger partial charge in [0.1, 0.15) is 10.6 Å². The molecule has 0 bridgehead atoms. The lowest BCUT2D eigenvalue weighted by Gasteiger charge is -2.35. The highest BCUT2D eigenvalue weighted by Crippen LogP contribution is 2.38. The third kappa shape index (κ3) is 3.88. The predicted octanol–water partition coefficient (Wildman–Crippen LogP) is 5.00. The van der Waals surface area contributed by atoms with Gasteiger partial charge in [-0.05, 0) is 58.2 Å². The molecule has 144 valence electrons. The fraction of sp³-hybridized carbons (Fsp3) is 0.500. The first-order chi connectivity index (χ1) is 12.9. The molecule has 1 saturated heterocycles. The summed E-state index contributed by atoms with van der Waals surface area (Å²) in [6.45, 7) is 6.65. The van der Waals surface area contributed by atoms with Crippen LogP contribution in [0.15, 0.2) is 23.6 Å². The second-order valence-corrected chi connectivity index (χ2v) is 8.71. The molecule has 0 saturated carbocycles. The fourth-order valence-electron chi connectivity index (χ4n) is 3.36. The van der Waals surface area contributed by atoms with Gasteiger partial charge in [0.25, 0.3) is 0 Å². The number of amides is 1. The van der Waals surface area contributed by atoms with Gasteiger partial charge in [0, 0.05) is 17.5 Å². The van der Waals surface area contributed by atoms with Crippen LogP contribution in [-0.2, 0) is 4.74 Å². The maximum atomic E-state index is 12.7. The van der Waals surface area contributed by atoms with Gasteiger partial charge in [-0.2, -0.15) is 0 Å². The van der Waals surface area contributed by atoms with Crippen LogP contribution in [0.25, 0.3) is 11.3 Å². The number of hydrogen-bond donors (Lipinski definition) is 0. The van der Waals surface area contributed by atoms with E-state index in [1.807, 2.05) is 49.3 Å². The van der Waals surface area contributed by atoms with Crippen molar-refractivity contribution in [3.63, 3.8) is 0 Å². The lowest BCUT2D eigenvalue weighted by molar-refractivity contribution is 0.00949. The van der Waals surface area contributed by atoms with E-state index >= 15 is 0 Å². The molecule has 1 amide bonds. The first-order valence-electron chi connectivity index (χ1n) is 9.26. The Bertz CT molecular complexity index is 843. The van der Waals surface area contributed by atoms with Crippen molar-refractivity contribution in [2.45, 2.75) is 51.7 Å². The second kappa shape index (κ2) is 7.03. The number of carbonyl (C=O) groups is 1. The number of piperidine rings is 1.